The van der Waals surface area contributed by atoms with Crippen LogP contribution in [0.2, 0.25) is 0 Å². The van der Waals surface area contributed by atoms with Crippen LogP contribution < -0.4 is 5.32 Å². The van der Waals surface area contributed by atoms with Crippen molar-refractivity contribution in [3.8, 4) is 0 Å². The number of hydrogen-bond donors (Lipinski definition) is 1. The summed E-state index contributed by atoms with van der Waals surface area (Å²) in [7, 11) is 0. The third-order valence-electron chi connectivity index (χ3n) is 4.20. The molecule has 1 amide bonds. The van der Waals surface area contributed by atoms with Gasteiger partial charge in [0.2, 0.25) is 5.91 Å². The van der Waals surface area contributed by atoms with Crippen molar-refractivity contribution in [2.75, 3.05) is 0 Å². The summed E-state index contributed by atoms with van der Waals surface area (Å²) in [6, 6.07) is 22.0. The summed E-state index contributed by atoms with van der Waals surface area (Å²) in [4.78, 5) is 16.6. The van der Waals surface area contributed by atoms with Crippen LogP contribution in [0.3, 0.4) is 0 Å². The number of amides is 1. The average Bonchev–Trinajstić information content (AvgIpc) is 2.66. The maximum Gasteiger partial charge on any atom is 0.221 e. The summed E-state index contributed by atoms with van der Waals surface area (Å²) < 4.78 is 0. The van der Waals surface area contributed by atoms with Crippen LogP contribution in [0.5, 0.6) is 0 Å². The van der Waals surface area contributed by atoms with Gasteiger partial charge in [0.25, 0.3) is 0 Å². The maximum absolute atomic E-state index is 12.5. The van der Waals surface area contributed by atoms with E-state index in [0.717, 1.165) is 17.5 Å². The lowest BCUT2D eigenvalue weighted by molar-refractivity contribution is -0.121. The SMILES string of the molecule is Cc1cccc(CCC(=O)NC(c2ccccc2)c2ccncc2)c1. The molecule has 0 fully saturated rings. The normalized spacial score (nSPS) is 11.7. The molecule has 2 aromatic carbocycles. The average molecular weight is 330 g/mol. The van der Waals surface area contributed by atoms with E-state index in [1.165, 1.54) is 11.1 Å². The molecule has 0 aliphatic heterocycles. The Morgan fingerprint density at radius 2 is 1.68 bits per heavy atom. The van der Waals surface area contributed by atoms with Crippen molar-refractivity contribution >= 4 is 5.91 Å². The zero-order valence-electron chi connectivity index (χ0n) is 14.4. The lowest BCUT2D eigenvalue weighted by Crippen LogP contribution is -2.29. The second kappa shape index (κ2) is 8.25. The fourth-order valence-corrected chi connectivity index (χ4v) is 2.92. The zero-order valence-corrected chi connectivity index (χ0v) is 14.4. The Labute approximate surface area is 148 Å². The van der Waals surface area contributed by atoms with Crippen LogP contribution in [0, 0.1) is 6.92 Å². The third-order valence-corrected chi connectivity index (χ3v) is 4.20. The Bertz CT molecular complexity index is 776. The maximum atomic E-state index is 12.5. The van der Waals surface area contributed by atoms with Gasteiger partial charge in [0.15, 0.2) is 0 Å². The molecule has 3 nitrogen and oxygen atoms in total. The summed E-state index contributed by atoms with van der Waals surface area (Å²) in [5.74, 6) is 0.0483. The van der Waals surface area contributed by atoms with Gasteiger partial charge in [-0.2, -0.15) is 0 Å². The van der Waals surface area contributed by atoms with Crippen LogP contribution >= 0.6 is 0 Å². The van der Waals surface area contributed by atoms with Crippen LogP contribution in [0.1, 0.15) is 34.7 Å². The smallest absolute Gasteiger partial charge is 0.221 e. The Morgan fingerprint density at radius 3 is 2.40 bits per heavy atom. The predicted molar refractivity (Wildman–Crippen MR) is 100 cm³/mol. The first-order valence-corrected chi connectivity index (χ1v) is 8.52. The van der Waals surface area contributed by atoms with Crippen molar-refractivity contribution in [2.45, 2.75) is 25.8 Å². The molecule has 0 bridgehead atoms. The van der Waals surface area contributed by atoms with Crippen molar-refractivity contribution in [3.05, 3.63) is 101 Å². The summed E-state index contributed by atoms with van der Waals surface area (Å²) in [5, 5.41) is 3.17. The molecule has 1 atom stereocenters. The summed E-state index contributed by atoms with van der Waals surface area (Å²) in [6.45, 7) is 2.07. The van der Waals surface area contributed by atoms with E-state index in [4.69, 9.17) is 0 Å². The van der Waals surface area contributed by atoms with Gasteiger partial charge in [0, 0.05) is 18.8 Å². The van der Waals surface area contributed by atoms with Crippen LogP contribution in [0.25, 0.3) is 0 Å². The van der Waals surface area contributed by atoms with Crippen molar-refractivity contribution in [2.24, 2.45) is 0 Å². The highest BCUT2D eigenvalue weighted by Crippen LogP contribution is 2.21. The van der Waals surface area contributed by atoms with Gasteiger partial charge in [-0.15, -0.1) is 0 Å². The summed E-state index contributed by atoms with van der Waals surface area (Å²) >= 11 is 0. The highest BCUT2D eigenvalue weighted by Gasteiger charge is 2.16. The lowest BCUT2D eigenvalue weighted by Gasteiger charge is -2.20. The van der Waals surface area contributed by atoms with E-state index in [2.05, 4.69) is 35.4 Å². The first-order valence-electron chi connectivity index (χ1n) is 8.52. The number of aromatic nitrogens is 1. The van der Waals surface area contributed by atoms with E-state index >= 15 is 0 Å². The Hall–Kier alpha value is -2.94. The first-order chi connectivity index (χ1) is 12.2. The summed E-state index contributed by atoms with van der Waals surface area (Å²) in [6.07, 6.45) is 4.72. The number of nitrogens with zero attached hydrogens (tertiary/aromatic N) is 1. The topological polar surface area (TPSA) is 42.0 Å². The van der Waals surface area contributed by atoms with E-state index in [1.807, 2.05) is 48.5 Å². The van der Waals surface area contributed by atoms with Crippen molar-refractivity contribution in [1.82, 2.24) is 10.3 Å². The fraction of sp³-hybridized carbons (Fsp3) is 0.182. The van der Waals surface area contributed by atoms with Gasteiger partial charge in [-0.25, -0.2) is 0 Å². The molecular formula is C22H22N2O. The highest BCUT2D eigenvalue weighted by atomic mass is 16.1. The van der Waals surface area contributed by atoms with Gasteiger partial charge in [0.1, 0.15) is 0 Å². The highest BCUT2D eigenvalue weighted by molar-refractivity contribution is 5.77. The van der Waals surface area contributed by atoms with Gasteiger partial charge in [-0.05, 0) is 42.2 Å². The molecule has 1 N–H and O–H groups in total. The molecule has 0 aliphatic rings. The molecule has 3 rings (SSSR count). The molecular weight excluding hydrogens is 308 g/mol. The monoisotopic (exact) mass is 330 g/mol. The van der Waals surface area contributed by atoms with Crippen molar-refractivity contribution in [1.29, 1.82) is 0 Å². The van der Waals surface area contributed by atoms with Crippen LogP contribution in [-0.4, -0.2) is 10.9 Å². The first kappa shape index (κ1) is 16.9. The van der Waals surface area contributed by atoms with E-state index in [9.17, 15) is 4.79 Å². The molecule has 0 radical (unpaired) electrons. The Balaban J connectivity index is 1.71. The van der Waals surface area contributed by atoms with Gasteiger partial charge < -0.3 is 5.32 Å². The second-order valence-corrected chi connectivity index (χ2v) is 6.18. The van der Waals surface area contributed by atoms with E-state index in [0.29, 0.717) is 6.42 Å². The molecule has 25 heavy (non-hydrogen) atoms. The van der Waals surface area contributed by atoms with Crippen LogP contribution in [-0.2, 0) is 11.2 Å². The fourth-order valence-electron chi connectivity index (χ4n) is 2.92. The zero-order chi connectivity index (χ0) is 17.5. The van der Waals surface area contributed by atoms with E-state index in [1.54, 1.807) is 12.4 Å². The molecule has 0 saturated heterocycles. The molecule has 0 saturated carbocycles. The molecule has 0 aliphatic carbocycles. The number of nitrogens with one attached hydrogen (secondary N) is 1. The van der Waals surface area contributed by atoms with Gasteiger partial charge in [-0.1, -0.05) is 60.2 Å². The Morgan fingerprint density at radius 1 is 0.960 bits per heavy atom. The number of carbonyl (C=O) groups is 1. The summed E-state index contributed by atoms with van der Waals surface area (Å²) in [5.41, 5.74) is 4.51. The van der Waals surface area contributed by atoms with E-state index in [-0.39, 0.29) is 11.9 Å². The number of benzene rings is 2. The molecule has 126 valence electrons. The number of pyridine rings is 1. The predicted octanol–water partition coefficient (Wildman–Crippen LogP) is 4.23. The van der Waals surface area contributed by atoms with Crippen LogP contribution in [0.4, 0.5) is 0 Å². The molecule has 1 aromatic heterocycles. The second-order valence-electron chi connectivity index (χ2n) is 6.18. The van der Waals surface area contributed by atoms with Gasteiger partial charge in [0.05, 0.1) is 6.04 Å². The number of aryl methyl sites for hydroxylation is 2. The standard InChI is InChI=1S/C22H22N2O/c1-17-6-5-7-18(16-17)10-11-21(25)24-22(19-8-3-2-4-9-19)20-12-14-23-15-13-20/h2-9,12-16,22H,10-11H2,1H3,(H,24,25). The molecule has 0 spiro atoms. The minimum atomic E-state index is -0.158. The van der Waals surface area contributed by atoms with Gasteiger partial charge in [-0.3, -0.25) is 9.78 Å². The minimum absolute atomic E-state index is 0.0483. The molecule has 3 aromatic rings. The third kappa shape index (κ3) is 4.77. The number of carbonyl (C=O) groups excluding carboxylic acids is 1. The lowest BCUT2D eigenvalue weighted by atomic mass is 9.99. The minimum Gasteiger partial charge on any atom is -0.345 e. The van der Waals surface area contributed by atoms with Crippen molar-refractivity contribution < 1.29 is 4.79 Å². The molecule has 3 heteroatoms. The quantitative estimate of drug-likeness (QED) is 0.735. The molecule has 1 unspecified atom stereocenters. The molecule has 1 heterocycles. The van der Waals surface area contributed by atoms with Crippen LogP contribution in [0.15, 0.2) is 79.1 Å². The Kier molecular flexibility index (Phi) is 5.57. The van der Waals surface area contributed by atoms with Gasteiger partial charge >= 0.3 is 0 Å². The van der Waals surface area contributed by atoms with E-state index < -0.39 is 0 Å². The largest absolute Gasteiger partial charge is 0.345 e. The van der Waals surface area contributed by atoms with Crippen molar-refractivity contribution in [3.63, 3.8) is 0 Å². The number of hydrogen-bond acceptors (Lipinski definition) is 2. The number of rotatable bonds is 6.